The second kappa shape index (κ2) is 11.3. The summed E-state index contributed by atoms with van der Waals surface area (Å²) in [7, 11) is 0. The first-order valence-electron chi connectivity index (χ1n) is 8.38. The van der Waals surface area contributed by atoms with Gasteiger partial charge in [-0.05, 0) is 70.4 Å². The number of hydrogen-bond acceptors (Lipinski definition) is 3. The second-order valence-corrected chi connectivity index (χ2v) is 5.84. The van der Waals surface area contributed by atoms with E-state index < -0.39 is 0 Å². The molecule has 3 nitrogen and oxygen atoms in total. The second-order valence-electron chi connectivity index (χ2n) is 5.84. The molecule has 1 rings (SSSR count). The van der Waals surface area contributed by atoms with Gasteiger partial charge in [0.25, 0.3) is 0 Å². The van der Waals surface area contributed by atoms with E-state index in [9.17, 15) is 4.79 Å². The highest BCUT2D eigenvalue weighted by Crippen LogP contribution is 2.14. The number of ether oxygens (including phenoxy) is 2. The van der Waals surface area contributed by atoms with E-state index in [0.29, 0.717) is 13.2 Å². The van der Waals surface area contributed by atoms with Crippen molar-refractivity contribution in [3.63, 3.8) is 0 Å². The maximum absolute atomic E-state index is 11.3. The van der Waals surface area contributed by atoms with Crippen molar-refractivity contribution in [1.29, 1.82) is 0 Å². The highest BCUT2D eigenvalue weighted by Gasteiger charge is 1.96. The van der Waals surface area contributed by atoms with Gasteiger partial charge in [0.2, 0.25) is 0 Å². The monoisotopic (exact) mass is 328 g/mol. The van der Waals surface area contributed by atoms with Crippen LogP contribution in [0.2, 0.25) is 0 Å². The molecule has 0 bridgehead atoms. The zero-order valence-corrected chi connectivity index (χ0v) is 15.2. The molecule has 0 atom stereocenters. The molecule has 0 N–H and O–H groups in total. The number of carbonyl (C=O) groups is 1. The third-order valence-corrected chi connectivity index (χ3v) is 3.35. The van der Waals surface area contributed by atoms with E-state index >= 15 is 0 Å². The normalized spacial score (nSPS) is 11.4. The molecule has 0 aromatic heterocycles. The number of hydrogen-bond donors (Lipinski definition) is 0. The van der Waals surface area contributed by atoms with E-state index in [2.05, 4.69) is 32.9 Å². The molecular weight excluding hydrogens is 300 g/mol. The molecule has 0 radical (unpaired) electrons. The molecule has 0 aliphatic heterocycles. The Kier molecular flexibility index (Phi) is 9.28. The van der Waals surface area contributed by atoms with Crippen LogP contribution in [0.15, 0.2) is 53.6 Å². The molecule has 0 spiro atoms. The Balaban J connectivity index is 2.41. The van der Waals surface area contributed by atoms with Gasteiger partial charge >= 0.3 is 5.97 Å². The molecule has 130 valence electrons. The van der Waals surface area contributed by atoms with Crippen LogP contribution in [0.4, 0.5) is 0 Å². The number of esters is 1. The number of benzene rings is 1. The first-order valence-corrected chi connectivity index (χ1v) is 8.38. The Morgan fingerprint density at radius 1 is 1.08 bits per heavy atom. The Morgan fingerprint density at radius 3 is 2.42 bits per heavy atom. The zero-order chi connectivity index (χ0) is 17.8. The van der Waals surface area contributed by atoms with Crippen molar-refractivity contribution in [2.75, 3.05) is 13.2 Å². The molecule has 0 unspecified atom stereocenters. The van der Waals surface area contributed by atoms with Gasteiger partial charge in [0.05, 0.1) is 6.61 Å². The molecule has 0 amide bonds. The quantitative estimate of drug-likeness (QED) is 0.349. The highest BCUT2D eigenvalue weighted by atomic mass is 16.5. The van der Waals surface area contributed by atoms with Crippen LogP contribution in [-0.2, 0) is 9.53 Å². The summed E-state index contributed by atoms with van der Waals surface area (Å²) >= 11 is 0. The topological polar surface area (TPSA) is 35.5 Å². The van der Waals surface area contributed by atoms with Crippen molar-refractivity contribution in [3.05, 3.63) is 59.2 Å². The first-order chi connectivity index (χ1) is 11.5. The molecule has 0 aliphatic rings. The van der Waals surface area contributed by atoms with Gasteiger partial charge in [0, 0.05) is 6.08 Å². The molecule has 1 aromatic rings. The zero-order valence-electron chi connectivity index (χ0n) is 15.2. The smallest absolute Gasteiger partial charge is 0.330 e. The maximum atomic E-state index is 11.3. The number of carbonyl (C=O) groups excluding carboxylic acids is 1. The minimum Gasteiger partial charge on any atom is -0.490 e. The summed E-state index contributed by atoms with van der Waals surface area (Å²) in [5.74, 6) is 0.489. The third kappa shape index (κ3) is 8.99. The third-order valence-electron chi connectivity index (χ3n) is 3.35. The van der Waals surface area contributed by atoms with Crippen LogP contribution >= 0.6 is 0 Å². The van der Waals surface area contributed by atoms with E-state index in [1.165, 1.54) is 17.2 Å². The summed E-state index contributed by atoms with van der Waals surface area (Å²) in [6.07, 6.45) is 9.67. The van der Waals surface area contributed by atoms with Gasteiger partial charge in [0.15, 0.2) is 0 Å². The van der Waals surface area contributed by atoms with Gasteiger partial charge < -0.3 is 9.47 Å². The fourth-order valence-electron chi connectivity index (χ4n) is 2.00. The van der Waals surface area contributed by atoms with E-state index in [1.54, 1.807) is 13.0 Å². The Hall–Kier alpha value is -2.29. The fraction of sp³-hybridized carbons (Fsp3) is 0.381. The predicted octanol–water partition coefficient (Wildman–Crippen LogP) is 5.33. The highest BCUT2D eigenvalue weighted by molar-refractivity contribution is 5.87. The van der Waals surface area contributed by atoms with Gasteiger partial charge in [0.1, 0.15) is 12.4 Å². The lowest BCUT2D eigenvalue weighted by Gasteiger charge is -2.05. The van der Waals surface area contributed by atoms with Gasteiger partial charge in [-0.2, -0.15) is 0 Å². The molecule has 1 aromatic carbocycles. The summed E-state index contributed by atoms with van der Waals surface area (Å²) in [5.41, 5.74) is 3.63. The molecule has 0 saturated heterocycles. The minimum absolute atomic E-state index is 0.327. The lowest BCUT2D eigenvalue weighted by Crippen LogP contribution is -1.98. The van der Waals surface area contributed by atoms with Crippen LogP contribution < -0.4 is 4.74 Å². The first kappa shape index (κ1) is 19.8. The molecule has 0 aliphatic carbocycles. The lowest BCUT2D eigenvalue weighted by molar-refractivity contribution is -0.137. The van der Waals surface area contributed by atoms with Crippen LogP contribution in [0.3, 0.4) is 0 Å². The van der Waals surface area contributed by atoms with E-state index in [1.807, 2.05) is 24.3 Å². The van der Waals surface area contributed by atoms with Crippen LogP contribution in [-0.4, -0.2) is 19.2 Å². The van der Waals surface area contributed by atoms with Crippen LogP contribution in [0.25, 0.3) is 6.08 Å². The summed E-state index contributed by atoms with van der Waals surface area (Å²) in [6.45, 7) is 9.11. The van der Waals surface area contributed by atoms with Crippen molar-refractivity contribution in [2.45, 2.75) is 40.5 Å². The Bertz CT molecular complexity index is 588. The molecule has 0 heterocycles. The van der Waals surface area contributed by atoms with Crippen molar-refractivity contribution in [3.8, 4) is 5.75 Å². The molecule has 3 heteroatoms. The molecule has 0 saturated carbocycles. The SMILES string of the molecule is CCOC(=O)C=Cc1ccc(OCC=C(C)CCC=C(C)C)cc1. The van der Waals surface area contributed by atoms with Crippen molar-refractivity contribution in [1.82, 2.24) is 0 Å². The largest absolute Gasteiger partial charge is 0.490 e. The minimum atomic E-state index is -0.327. The summed E-state index contributed by atoms with van der Waals surface area (Å²) in [6, 6.07) is 7.63. The predicted molar refractivity (Wildman–Crippen MR) is 100 cm³/mol. The van der Waals surface area contributed by atoms with Gasteiger partial charge in [-0.1, -0.05) is 29.4 Å². The molecule has 24 heavy (non-hydrogen) atoms. The van der Waals surface area contributed by atoms with Gasteiger partial charge in [-0.3, -0.25) is 0 Å². The summed E-state index contributed by atoms with van der Waals surface area (Å²) < 4.78 is 10.6. The lowest BCUT2D eigenvalue weighted by atomic mass is 10.1. The van der Waals surface area contributed by atoms with Gasteiger partial charge in [-0.25, -0.2) is 4.79 Å². The van der Waals surface area contributed by atoms with Crippen LogP contribution in [0, 0.1) is 0 Å². The fourth-order valence-corrected chi connectivity index (χ4v) is 2.00. The average molecular weight is 328 g/mol. The van der Waals surface area contributed by atoms with Crippen molar-refractivity contribution >= 4 is 12.0 Å². The molecule has 0 fully saturated rings. The van der Waals surface area contributed by atoms with E-state index in [0.717, 1.165) is 24.2 Å². The van der Waals surface area contributed by atoms with E-state index in [4.69, 9.17) is 9.47 Å². The number of allylic oxidation sites excluding steroid dienone is 3. The average Bonchev–Trinajstić information content (AvgIpc) is 2.54. The molecular formula is C21H28O3. The van der Waals surface area contributed by atoms with Crippen molar-refractivity contribution in [2.24, 2.45) is 0 Å². The Morgan fingerprint density at radius 2 is 1.79 bits per heavy atom. The summed E-state index contributed by atoms with van der Waals surface area (Å²) in [5, 5.41) is 0. The van der Waals surface area contributed by atoms with Crippen LogP contribution in [0.1, 0.15) is 46.1 Å². The van der Waals surface area contributed by atoms with E-state index in [-0.39, 0.29) is 5.97 Å². The van der Waals surface area contributed by atoms with Crippen LogP contribution in [0.5, 0.6) is 5.75 Å². The van der Waals surface area contributed by atoms with Gasteiger partial charge in [-0.15, -0.1) is 0 Å². The Labute approximate surface area is 145 Å². The standard InChI is InChI=1S/C21H28O3/c1-5-23-21(22)14-11-19-9-12-20(13-10-19)24-16-15-18(4)8-6-7-17(2)3/h7,9-15H,5-6,8,16H2,1-4H3. The maximum Gasteiger partial charge on any atom is 0.330 e. The van der Waals surface area contributed by atoms with Crippen molar-refractivity contribution < 1.29 is 14.3 Å². The number of rotatable bonds is 9. The summed E-state index contributed by atoms with van der Waals surface area (Å²) in [4.78, 5) is 11.3.